The number of aromatic nitrogens is 6. The van der Waals surface area contributed by atoms with E-state index in [0.717, 1.165) is 46.9 Å². The zero-order valence-corrected chi connectivity index (χ0v) is 26.5. The molecule has 3 N–H and O–H groups in total. The quantitative estimate of drug-likeness (QED) is 0.146. The largest absolute Gasteiger partial charge is 0.492 e. The molecule has 1 fully saturated rings. The van der Waals surface area contributed by atoms with Crippen LogP contribution in [0.1, 0.15) is 38.5 Å². The first-order chi connectivity index (χ1) is 22.9. The molecule has 2 aromatic carbocycles. The van der Waals surface area contributed by atoms with Gasteiger partial charge in [0, 0.05) is 41.7 Å². The van der Waals surface area contributed by atoms with Crippen molar-refractivity contribution in [3.05, 3.63) is 72.9 Å². The van der Waals surface area contributed by atoms with E-state index >= 15 is 0 Å². The Labute approximate surface area is 271 Å². The van der Waals surface area contributed by atoms with E-state index < -0.39 is 0 Å². The minimum absolute atomic E-state index is 0.0203. The maximum atomic E-state index is 14.7. The van der Waals surface area contributed by atoms with Crippen LogP contribution >= 0.6 is 0 Å². The number of benzene rings is 2. The number of amides is 1. The fraction of sp³-hybridized carbons (Fsp3) is 0.306. The topological polar surface area (TPSA) is 125 Å². The predicted octanol–water partition coefficient (Wildman–Crippen LogP) is 7.22. The third-order valence-corrected chi connectivity index (χ3v) is 8.69. The van der Waals surface area contributed by atoms with Crippen molar-refractivity contribution in [2.24, 2.45) is 5.92 Å². The molecule has 1 aliphatic rings. The van der Waals surface area contributed by atoms with Crippen LogP contribution in [0.25, 0.3) is 55.8 Å². The van der Waals surface area contributed by atoms with Gasteiger partial charge < -0.3 is 19.9 Å². The SMILES string of the molecule is CN(C)CCOc1cc(F)cc(-c2cccc3[nH]c(-c4n[nH]c5cnc(-c6cncc(NC(=O)CC7CCCCC7)c6)cc45)nc23)c1. The Bertz CT molecular complexity index is 2050. The smallest absolute Gasteiger partial charge is 0.224 e. The summed E-state index contributed by atoms with van der Waals surface area (Å²) < 4.78 is 20.5. The first-order valence-corrected chi connectivity index (χ1v) is 16.1. The van der Waals surface area contributed by atoms with Gasteiger partial charge in [0.05, 0.1) is 40.3 Å². The van der Waals surface area contributed by atoms with Crippen LogP contribution in [0.2, 0.25) is 0 Å². The maximum Gasteiger partial charge on any atom is 0.224 e. The lowest BCUT2D eigenvalue weighted by Crippen LogP contribution is -2.19. The Morgan fingerprint density at radius 2 is 1.89 bits per heavy atom. The molecule has 0 atom stereocenters. The van der Waals surface area contributed by atoms with Gasteiger partial charge in [-0.3, -0.25) is 19.9 Å². The number of likely N-dealkylation sites (N-methyl/N-ethyl adjacent to an activating group) is 1. The van der Waals surface area contributed by atoms with Crippen LogP contribution in [0.15, 0.2) is 67.1 Å². The van der Waals surface area contributed by atoms with Gasteiger partial charge in [-0.2, -0.15) is 5.10 Å². The lowest BCUT2D eigenvalue weighted by atomic mass is 9.87. The summed E-state index contributed by atoms with van der Waals surface area (Å²) in [5, 5.41) is 11.5. The van der Waals surface area contributed by atoms with E-state index in [4.69, 9.17) is 9.72 Å². The van der Waals surface area contributed by atoms with Crippen LogP contribution in [0.4, 0.5) is 10.1 Å². The van der Waals surface area contributed by atoms with Crippen LogP contribution < -0.4 is 10.1 Å². The molecular formula is C36H37FN8O2. The molecule has 0 spiro atoms. The average Bonchev–Trinajstić information content (AvgIpc) is 3.69. The fourth-order valence-electron chi connectivity index (χ4n) is 6.29. The van der Waals surface area contributed by atoms with E-state index in [1.165, 1.54) is 31.4 Å². The van der Waals surface area contributed by atoms with Gasteiger partial charge in [-0.15, -0.1) is 0 Å². The normalized spacial score (nSPS) is 13.9. The highest BCUT2D eigenvalue weighted by atomic mass is 19.1. The monoisotopic (exact) mass is 632 g/mol. The van der Waals surface area contributed by atoms with Crippen LogP contribution in [-0.2, 0) is 4.79 Å². The number of carbonyl (C=O) groups is 1. The Kier molecular flexibility index (Phi) is 8.62. The number of para-hydroxylation sites is 1. The number of halogens is 1. The van der Waals surface area contributed by atoms with E-state index in [9.17, 15) is 9.18 Å². The van der Waals surface area contributed by atoms with Gasteiger partial charge in [0.1, 0.15) is 23.9 Å². The van der Waals surface area contributed by atoms with Crippen molar-refractivity contribution in [2.75, 3.05) is 32.6 Å². The summed E-state index contributed by atoms with van der Waals surface area (Å²) in [6.45, 7) is 1.17. The van der Waals surface area contributed by atoms with Gasteiger partial charge in [-0.1, -0.05) is 31.4 Å². The number of hydrogen-bond donors (Lipinski definition) is 3. The number of fused-ring (bicyclic) bond motifs is 2. The minimum Gasteiger partial charge on any atom is -0.492 e. The van der Waals surface area contributed by atoms with Gasteiger partial charge in [0.25, 0.3) is 0 Å². The van der Waals surface area contributed by atoms with Gasteiger partial charge in [0.2, 0.25) is 5.91 Å². The summed E-state index contributed by atoms with van der Waals surface area (Å²) in [7, 11) is 3.93. The molecule has 0 bridgehead atoms. The van der Waals surface area contributed by atoms with Gasteiger partial charge in [-0.05, 0) is 68.8 Å². The number of rotatable bonds is 10. The molecule has 6 aromatic rings. The second kappa shape index (κ2) is 13.3. The molecule has 10 nitrogen and oxygen atoms in total. The first kappa shape index (κ1) is 30.5. The van der Waals surface area contributed by atoms with Crippen molar-refractivity contribution in [3.63, 3.8) is 0 Å². The van der Waals surface area contributed by atoms with Crippen molar-refractivity contribution in [2.45, 2.75) is 38.5 Å². The van der Waals surface area contributed by atoms with Crippen molar-refractivity contribution in [3.8, 4) is 39.7 Å². The van der Waals surface area contributed by atoms with Gasteiger partial charge in [-0.25, -0.2) is 9.37 Å². The first-order valence-electron chi connectivity index (χ1n) is 16.1. The summed E-state index contributed by atoms with van der Waals surface area (Å²) >= 11 is 0. The number of carbonyl (C=O) groups excluding carboxylic acids is 1. The maximum absolute atomic E-state index is 14.7. The highest BCUT2D eigenvalue weighted by Gasteiger charge is 2.19. The summed E-state index contributed by atoms with van der Waals surface area (Å²) in [5.41, 5.74) is 6.42. The van der Waals surface area contributed by atoms with Crippen LogP contribution in [-0.4, -0.2) is 68.2 Å². The summed E-state index contributed by atoms with van der Waals surface area (Å²) in [4.78, 5) is 32.1. The molecular weight excluding hydrogens is 595 g/mol. The third-order valence-electron chi connectivity index (χ3n) is 8.69. The Morgan fingerprint density at radius 3 is 2.74 bits per heavy atom. The summed E-state index contributed by atoms with van der Waals surface area (Å²) in [6.07, 6.45) is 11.6. The molecule has 47 heavy (non-hydrogen) atoms. The zero-order valence-electron chi connectivity index (χ0n) is 26.5. The Morgan fingerprint density at radius 1 is 1.02 bits per heavy atom. The number of nitrogens with one attached hydrogen (secondary N) is 3. The fourth-order valence-corrected chi connectivity index (χ4v) is 6.29. The minimum atomic E-state index is -0.379. The van der Waals surface area contributed by atoms with Gasteiger partial charge >= 0.3 is 0 Å². The molecule has 1 aliphatic carbocycles. The third kappa shape index (κ3) is 6.85. The number of hydrogen-bond acceptors (Lipinski definition) is 7. The summed E-state index contributed by atoms with van der Waals surface area (Å²) in [5.74, 6) is 1.13. The summed E-state index contributed by atoms with van der Waals surface area (Å²) in [6, 6.07) is 14.3. The number of anilines is 1. The van der Waals surface area contributed by atoms with E-state index in [0.29, 0.717) is 58.7 Å². The number of imidazole rings is 1. The Balaban J connectivity index is 1.16. The van der Waals surface area contributed by atoms with E-state index in [-0.39, 0.29) is 11.7 Å². The van der Waals surface area contributed by atoms with E-state index in [1.54, 1.807) is 18.6 Å². The molecule has 4 heterocycles. The van der Waals surface area contributed by atoms with Crippen molar-refractivity contribution in [1.82, 2.24) is 35.0 Å². The lowest BCUT2D eigenvalue weighted by molar-refractivity contribution is -0.117. The molecule has 11 heteroatoms. The predicted molar refractivity (Wildman–Crippen MR) is 181 cm³/mol. The van der Waals surface area contributed by atoms with Crippen LogP contribution in [0.3, 0.4) is 0 Å². The Hall–Kier alpha value is -5.16. The van der Waals surface area contributed by atoms with Crippen LogP contribution in [0, 0.1) is 11.7 Å². The number of H-pyrrole nitrogens is 2. The number of pyridine rings is 2. The van der Waals surface area contributed by atoms with Crippen LogP contribution in [0.5, 0.6) is 5.75 Å². The molecule has 0 saturated heterocycles. The van der Waals surface area contributed by atoms with E-state index in [2.05, 4.69) is 30.5 Å². The highest BCUT2D eigenvalue weighted by Crippen LogP contribution is 2.34. The second-order valence-electron chi connectivity index (χ2n) is 12.5. The van der Waals surface area contributed by atoms with Gasteiger partial charge in [0.15, 0.2) is 5.82 Å². The lowest BCUT2D eigenvalue weighted by Gasteiger charge is -2.20. The van der Waals surface area contributed by atoms with Crippen molar-refractivity contribution in [1.29, 1.82) is 0 Å². The number of aromatic amines is 2. The van der Waals surface area contributed by atoms with Crippen molar-refractivity contribution >= 4 is 33.5 Å². The van der Waals surface area contributed by atoms with Crippen molar-refractivity contribution < 1.29 is 13.9 Å². The molecule has 1 saturated carbocycles. The molecule has 240 valence electrons. The molecule has 0 radical (unpaired) electrons. The molecule has 7 rings (SSSR count). The number of ether oxygens (including phenoxy) is 1. The average molecular weight is 633 g/mol. The highest BCUT2D eigenvalue weighted by molar-refractivity contribution is 5.98. The van der Waals surface area contributed by atoms with E-state index in [1.807, 2.05) is 55.4 Å². The molecule has 1 amide bonds. The standard InChI is InChI=1S/C36H37FN8O2/c1-45(2)11-12-47-27-16-23(14-25(37)17-27)28-9-6-10-30-34(28)42-36(41-30)35-29-18-31(39-21-32(29)43-44-35)24-15-26(20-38-19-24)40-33(46)13-22-7-4-3-5-8-22/h6,9-10,14-22H,3-5,7-8,11-13H2,1-2H3,(H,40,46)(H,41,42)(H,43,44). The molecule has 0 aliphatic heterocycles. The number of nitrogens with zero attached hydrogens (tertiary/aromatic N) is 5. The zero-order chi connectivity index (χ0) is 32.3. The molecule has 4 aromatic heterocycles. The second-order valence-corrected chi connectivity index (χ2v) is 12.5. The molecule has 0 unspecified atom stereocenters.